The second-order valence-electron chi connectivity index (χ2n) is 8.23. The molecule has 0 spiro atoms. The number of hydrogen-bond donors (Lipinski definition) is 2. The highest BCUT2D eigenvalue weighted by molar-refractivity contribution is 7.92. The zero-order valence-corrected chi connectivity index (χ0v) is 20.1. The lowest BCUT2D eigenvalue weighted by atomic mass is 9.77. The predicted molar refractivity (Wildman–Crippen MR) is 133 cm³/mol. The summed E-state index contributed by atoms with van der Waals surface area (Å²) in [6, 6.07) is 17.8. The quantitative estimate of drug-likeness (QED) is 0.385. The van der Waals surface area contributed by atoms with Gasteiger partial charge in [0.05, 0.1) is 28.1 Å². The molecule has 33 heavy (non-hydrogen) atoms. The number of methoxy groups -OCH3 is 1. The molecule has 0 saturated carbocycles. The second kappa shape index (κ2) is 8.60. The van der Waals surface area contributed by atoms with E-state index in [1.807, 2.05) is 24.3 Å². The molecule has 0 radical (unpaired) electrons. The topological polar surface area (TPSA) is 67.4 Å². The third-order valence-electron chi connectivity index (χ3n) is 6.29. The van der Waals surface area contributed by atoms with Gasteiger partial charge < -0.3 is 10.1 Å². The van der Waals surface area contributed by atoms with Gasteiger partial charge in [-0.15, -0.1) is 0 Å². The first-order valence-corrected chi connectivity index (χ1v) is 12.8. The Morgan fingerprint density at radius 1 is 1.00 bits per heavy atom. The average molecular weight is 501 g/mol. The van der Waals surface area contributed by atoms with Gasteiger partial charge in [-0.3, -0.25) is 4.72 Å². The van der Waals surface area contributed by atoms with Crippen molar-refractivity contribution in [3.8, 4) is 5.75 Å². The summed E-state index contributed by atoms with van der Waals surface area (Å²) in [6.45, 7) is 0. The van der Waals surface area contributed by atoms with Gasteiger partial charge in [-0.2, -0.15) is 0 Å². The molecule has 3 aromatic carbocycles. The minimum absolute atomic E-state index is 0.0483. The summed E-state index contributed by atoms with van der Waals surface area (Å²) < 4.78 is 33.9. The molecule has 170 valence electrons. The number of sulfonamides is 1. The number of ether oxygens (including phenoxy) is 1. The summed E-state index contributed by atoms with van der Waals surface area (Å²) in [5, 5.41) is 4.65. The van der Waals surface area contributed by atoms with E-state index in [0.717, 1.165) is 23.2 Å². The van der Waals surface area contributed by atoms with E-state index in [0.29, 0.717) is 21.5 Å². The lowest BCUT2D eigenvalue weighted by molar-refractivity contribution is 0.415. The molecule has 0 saturated heterocycles. The fraction of sp³-hybridized carbons (Fsp3) is 0.200. The van der Waals surface area contributed by atoms with Crippen LogP contribution in [-0.4, -0.2) is 15.5 Å². The molecule has 8 heteroatoms. The Morgan fingerprint density at radius 3 is 2.52 bits per heavy atom. The molecule has 1 aliphatic heterocycles. The Kier molecular flexibility index (Phi) is 5.77. The van der Waals surface area contributed by atoms with Crippen LogP contribution >= 0.6 is 23.2 Å². The SMILES string of the molecule is COc1ccc(NS(=O)(=O)c2ccc3c(c2)[C@H]2C=CC[C@H]2[C@@H](c2ccc(Cl)c(Cl)c2)N3)cc1. The first-order valence-electron chi connectivity index (χ1n) is 10.5. The van der Waals surface area contributed by atoms with Crippen LogP contribution in [0, 0.1) is 5.92 Å². The normalized spacial score (nSPS) is 21.1. The van der Waals surface area contributed by atoms with Crippen LogP contribution in [-0.2, 0) is 10.0 Å². The van der Waals surface area contributed by atoms with Crippen molar-refractivity contribution in [2.75, 3.05) is 17.1 Å². The molecular formula is C25H22Cl2N2O3S. The number of rotatable bonds is 5. The van der Waals surface area contributed by atoms with E-state index >= 15 is 0 Å². The van der Waals surface area contributed by atoms with E-state index in [1.165, 1.54) is 0 Å². The smallest absolute Gasteiger partial charge is 0.261 e. The molecule has 0 fully saturated rings. The number of nitrogens with one attached hydrogen (secondary N) is 2. The molecule has 3 atom stereocenters. The molecule has 0 aromatic heterocycles. The van der Waals surface area contributed by atoms with Crippen LogP contribution in [0.5, 0.6) is 5.75 Å². The van der Waals surface area contributed by atoms with E-state index in [1.54, 1.807) is 43.5 Å². The van der Waals surface area contributed by atoms with Gasteiger partial charge in [0.2, 0.25) is 0 Å². The number of benzene rings is 3. The predicted octanol–water partition coefficient (Wildman–Crippen LogP) is 6.63. The van der Waals surface area contributed by atoms with Gasteiger partial charge in [0.15, 0.2) is 0 Å². The van der Waals surface area contributed by atoms with Crippen molar-refractivity contribution in [2.24, 2.45) is 5.92 Å². The van der Waals surface area contributed by atoms with Crippen LogP contribution in [0.2, 0.25) is 10.0 Å². The Bertz CT molecular complexity index is 1340. The van der Waals surface area contributed by atoms with Crippen LogP contribution in [0.15, 0.2) is 77.7 Å². The summed E-state index contributed by atoms with van der Waals surface area (Å²) >= 11 is 12.4. The number of anilines is 2. The van der Waals surface area contributed by atoms with Crippen LogP contribution in [0.1, 0.15) is 29.5 Å². The molecule has 0 bridgehead atoms. The van der Waals surface area contributed by atoms with Crippen LogP contribution < -0.4 is 14.8 Å². The van der Waals surface area contributed by atoms with E-state index in [4.69, 9.17) is 27.9 Å². The van der Waals surface area contributed by atoms with Crippen molar-refractivity contribution in [1.29, 1.82) is 0 Å². The van der Waals surface area contributed by atoms with E-state index in [2.05, 4.69) is 22.2 Å². The maximum atomic E-state index is 13.1. The Balaban J connectivity index is 1.46. The molecule has 3 aromatic rings. The molecule has 5 nitrogen and oxygen atoms in total. The molecule has 0 unspecified atom stereocenters. The summed E-state index contributed by atoms with van der Waals surface area (Å²) in [5.74, 6) is 1.02. The summed E-state index contributed by atoms with van der Waals surface area (Å²) in [4.78, 5) is 0.228. The van der Waals surface area contributed by atoms with Gasteiger partial charge in [-0.1, -0.05) is 41.4 Å². The average Bonchev–Trinajstić information content (AvgIpc) is 3.31. The molecule has 2 N–H and O–H groups in total. The van der Waals surface area contributed by atoms with Crippen LogP contribution in [0.25, 0.3) is 0 Å². The summed E-state index contributed by atoms with van der Waals surface area (Å²) in [6.07, 6.45) is 5.22. The largest absolute Gasteiger partial charge is 0.497 e. The minimum atomic E-state index is -3.75. The monoisotopic (exact) mass is 500 g/mol. The number of hydrogen-bond acceptors (Lipinski definition) is 4. The van der Waals surface area contributed by atoms with Gasteiger partial charge in [-0.25, -0.2) is 8.42 Å². The molecule has 1 aliphatic carbocycles. The minimum Gasteiger partial charge on any atom is -0.497 e. The van der Waals surface area contributed by atoms with Crippen molar-refractivity contribution in [2.45, 2.75) is 23.3 Å². The van der Waals surface area contributed by atoms with Gasteiger partial charge in [-0.05, 0) is 78.1 Å². The van der Waals surface area contributed by atoms with E-state index < -0.39 is 10.0 Å². The van der Waals surface area contributed by atoms with Gasteiger partial charge in [0.1, 0.15) is 5.75 Å². The number of allylic oxidation sites excluding steroid dienone is 2. The highest BCUT2D eigenvalue weighted by Gasteiger charge is 2.38. The van der Waals surface area contributed by atoms with Crippen LogP contribution in [0.4, 0.5) is 11.4 Å². The van der Waals surface area contributed by atoms with Crippen molar-refractivity contribution in [3.63, 3.8) is 0 Å². The third-order valence-corrected chi connectivity index (χ3v) is 8.41. The lowest BCUT2D eigenvalue weighted by Crippen LogP contribution is -2.29. The van der Waals surface area contributed by atoms with Gasteiger partial charge in [0, 0.05) is 17.3 Å². The Labute approximate surface area is 203 Å². The zero-order chi connectivity index (χ0) is 23.2. The fourth-order valence-electron chi connectivity index (χ4n) is 4.65. The maximum Gasteiger partial charge on any atom is 0.261 e. The van der Waals surface area contributed by atoms with Crippen molar-refractivity contribution < 1.29 is 13.2 Å². The van der Waals surface area contributed by atoms with Crippen molar-refractivity contribution in [1.82, 2.24) is 0 Å². The number of fused-ring (bicyclic) bond motifs is 3. The molecule has 5 rings (SSSR count). The molecule has 1 heterocycles. The first kappa shape index (κ1) is 22.1. The van der Waals surface area contributed by atoms with Crippen molar-refractivity contribution >= 4 is 44.6 Å². The third kappa shape index (κ3) is 4.19. The zero-order valence-electron chi connectivity index (χ0n) is 17.8. The fourth-order valence-corrected chi connectivity index (χ4v) is 6.05. The summed E-state index contributed by atoms with van der Waals surface area (Å²) in [7, 11) is -2.18. The lowest BCUT2D eigenvalue weighted by Gasteiger charge is -2.37. The van der Waals surface area contributed by atoms with Gasteiger partial charge in [0.25, 0.3) is 10.0 Å². The summed E-state index contributed by atoms with van der Waals surface area (Å²) in [5.41, 5.74) is 3.43. The Morgan fingerprint density at radius 2 is 1.79 bits per heavy atom. The highest BCUT2D eigenvalue weighted by Crippen LogP contribution is 2.50. The van der Waals surface area contributed by atoms with Crippen LogP contribution in [0.3, 0.4) is 0 Å². The van der Waals surface area contributed by atoms with Gasteiger partial charge >= 0.3 is 0 Å². The molecular weight excluding hydrogens is 479 g/mol. The first-order chi connectivity index (χ1) is 15.9. The standard InChI is InChI=1S/C25H22Cl2N2O3S/c1-32-17-8-6-16(7-9-17)29-33(30,31)18-10-12-24-21(14-18)19-3-2-4-20(19)25(28-24)15-5-11-22(26)23(27)13-15/h2-3,5-14,19-20,25,28-29H,4H2,1H3/t19-,20+,25+/m0/s1. The Hall–Kier alpha value is -2.67. The number of halogens is 2. The highest BCUT2D eigenvalue weighted by atomic mass is 35.5. The molecule has 0 amide bonds. The van der Waals surface area contributed by atoms with E-state index in [9.17, 15) is 8.42 Å². The van der Waals surface area contributed by atoms with Crippen molar-refractivity contribution in [3.05, 3.63) is 94.0 Å². The van der Waals surface area contributed by atoms with E-state index in [-0.39, 0.29) is 22.8 Å². The second-order valence-corrected chi connectivity index (χ2v) is 10.7. The maximum absolute atomic E-state index is 13.1. The molecule has 2 aliphatic rings.